The Balaban J connectivity index is 1.73. The first-order chi connectivity index (χ1) is 15.8. The second kappa shape index (κ2) is 10.3. The number of methoxy groups -OCH3 is 2. The van der Waals surface area contributed by atoms with Crippen LogP contribution in [-0.4, -0.2) is 42.8 Å². The van der Waals surface area contributed by atoms with Gasteiger partial charge in [-0.2, -0.15) is 5.10 Å². The van der Waals surface area contributed by atoms with Gasteiger partial charge in [-0.05, 0) is 44.2 Å². The number of hydrogen-bond acceptors (Lipinski definition) is 6. The largest absolute Gasteiger partial charge is 0.497 e. The number of para-hydroxylation sites is 1. The van der Waals surface area contributed by atoms with Gasteiger partial charge in [0.1, 0.15) is 5.75 Å². The van der Waals surface area contributed by atoms with Crippen LogP contribution in [0.5, 0.6) is 5.75 Å². The maximum Gasteiger partial charge on any atom is 0.339 e. The first-order valence-electron chi connectivity index (χ1n) is 10.0. The summed E-state index contributed by atoms with van der Waals surface area (Å²) in [6, 6.07) is 15.6. The van der Waals surface area contributed by atoms with E-state index in [1.165, 1.54) is 20.4 Å². The van der Waals surface area contributed by atoms with E-state index in [0.29, 0.717) is 28.3 Å². The number of aryl methyl sites for hydroxylation is 1. The Hall–Kier alpha value is -4.40. The Morgan fingerprint density at radius 2 is 1.73 bits per heavy atom. The Labute approximate surface area is 191 Å². The van der Waals surface area contributed by atoms with E-state index in [9.17, 15) is 14.4 Å². The summed E-state index contributed by atoms with van der Waals surface area (Å²) in [7, 11) is 2.84. The van der Waals surface area contributed by atoms with E-state index in [1.54, 1.807) is 36.4 Å². The van der Waals surface area contributed by atoms with Crippen molar-refractivity contribution in [3.05, 3.63) is 77.1 Å². The molecule has 0 saturated heterocycles. The van der Waals surface area contributed by atoms with Gasteiger partial charge in [0, 0.05) is 28.7 Å². The summed E-state index contributed by atoms with van der Waals surface area (Å²) >= 11 is 0. The minimum absolute atomic E-state index is 0.422. The van der Waals surface area contributed by atoms with Gasteiger partial charge in [0.2, 0.25) is 0 Å². The Morgan fingerprint density at radius 3 is 2.45 bits per heavy atom. The lowest BCUT2D eigenvalue weighted by atomic mass is 10.1. The number of hydrazone groups is 1. The summed E-state index contributed by atoms with van der Waals surface area (Å²) in [5.41, 5.74) is 6.09. The number of amides is 2. The number of ether oxygens (including phenoxy) is 2. The van der Waals surface area contributed by atoms with Crippen LogP contribution < -0.4 is 15.5 Å². The third-order valence-electron chi connectivity index (χ3n) is 4.92. The quantitative estimate of drug-likeness (QED) is 0.261. The number of nitrogens with zero attached hydrogens (tertiary/aromatic N) is 2. The van der Waals surface area contributed by atoms with Crippen molar-refractivity contribution in [3.63, 3.8) is 0 Å². The van der Waals surface area contributed by atoms with Gasteiger partial charge in [-0.15, -0.1) is 0 Å². The predicted octanol–water partition coefficient (Wildman–Crippen LogP) is 2.98. The number of carbonyl (C=O) groups excluding carboxylic acids is 3. The Morgan fingerprint density at radius 1 is 0.970 bits per heavy atom. The molecule has 0 aliphatic rings. The molecular weight excluding hydrogens is 424 g/mol. The number of benzene rings is 2. The van der Waals surface area contributed by atoms with E-state index in [2.05, 4.69) is 15.8 Å². The molecule has 0 saturated carbocycles. The van der Waals surface area contributed by atoms with E-state index in [-0.39, 0.29) is 0 Å². The zero-order valence-corrected chi connectivity index (χ0v) is 18.7. The summed E-state index contributed by atoms with van der Waals surface area (Å²) in [5.74, 6) is -1.67. The van der Waals surface area contributed by atoms with Gasteiger partial charge in [-0.25, -0.2) is 10.2 Å². The fourth-order valence-electron chi connectivity index (χ4n) is 3.34. The monoisotopic (exact) mass is 448 g/mol. The van der Waals surface area contributed by atoms with Crippen LogP contribution in [0.2, 0.25) is 0 Å². The van der Waals surface area contributed by atoms with E-state index < -0.39 is 17.8 Å². The summed E-state index contributed by atoms with van der Waals surface area (Å²) in [6.07, 6.45) is 1.44. The highest BCUT2D eigenvalue weighted by atomic mass is 16.5. The highest BCUT2D eigenvalue weighted by molar-refractivity contribution is 6.39. The molecule has 0 aliphatic carbocycles. The van der Waals surface area contributed by atoms with Crippen molar-refractivity contribution in [1.82, 2.24) is 9.99 Å². The maximum atomic E-state index is 12.2. The molecule has 33 heavy (non-hydrogen) atoms. The molecule has 3 aromatic rings. The van der Waals surface area contributed by atoms with E-state index in [0.717, 1.165) is 11.4 Å². The van der Waals surface area contributed by atoms with E-state index >= 15 is 0 Å². The van der Waals surface area contributed by atoms with Gasteiger partial charge in [-0.1, -0.05) is 18.2 Å². The summed E-state index contributed by atoms with van der Waals surface area (Å²) in [4.78, 5) is 36.4. The minimum atomic E-state index is -0.918. The lowest BCUT2D eigenvalue weighted by Crippen LogP contribution is -2.32. The SMILES string of the molecule is COC(=O)c1ccccc1-n1c(C)cc(/C=N/NC(=O)C(=O)Nc2cccc(OC)c2)c1C. The highest BCUT2D eigenvalue weighted by Crippen LogP contribution is 2.23. The Kier molecular flexibility index (Phi) is 7.24. The zero-order chi connectivity index (χ0) is 24.0. The molecule has 0 radical (unpaired) electrons. The summed E-state index contributed by atoms with van der Waals surface area (Å²) in [5, 5.41) is 6.39. The molecule has 0 spiro atoms. The lowest BCUT2D eigenvalue weighted by molar-refractivity contribution is -0.136. The number of anilines is 1. The lowest BCUT2D eigenvalue weighted by Gasteiger charge is -2.13. The third-order valence-corrected chi connectivity index (χ3v) is 4.92. The molecular formula is C24H24N4O5. The average Bonchev–Trinajstić information content (AvgIpc) is 3.11. The fraction of sp³-hybridized carbons (Fsp3) is 0.167. The van der Waals surface area contributed by atoms with Crippen LogP contribution in [0.1, 0.15) is 27.3 Å². The molecule has 3 rings (SSSR count). The molecule has 2 N–H and O–H groups in total. The predicted molar refractivity (Wildman–Crippen MR) is 124 cm³/mol. The molecule has 9 heteroatoms. The van der Waals surface area contributed by atoms with Gasteiger partial charge in [-0.3, -0.25) is 9.59 Å². The minimum Gasteiger partial charge on any atom is -0.497 e. The first-order valence-corrected chi connectivity index (χ1v) is 10.0. The number of esters is 1. The van der Waals surface area contributed by atoms with Crippen LogP contribution in [0.3, 0.4) is 0 Å². The van der Waals surface area contributed by atoms with Crippen molar-refractivity contribution >= 4 is 29.7 Å². The molecule has 2 amide bonds. The van der Waals surface area contributed by atoms with Gasteiger partial charge >= 0.3 is 17.8 Å². The molecule has 0 bridgehead atoms. The second-order valence-corrected chi connectivity index (χ2v) is 7.06. The number of aromatic nitrogens is 1. The van der Waals surface area contributed by atoms with Crippen molar-refractivity contribution in [2.45, 2.75) is 13.8 Å². The zero-order valence-electron chi connectivity index (χ0n) is 18.7. The highest BCUT2D eigenvalue weighted by Gasteiger charge is 2.17. The van der Waals surface area contributed by atoms with Crippen molar-refractivity contribution < 1.29 is 23.9 Å². The van der Waals surface area contributed by atoms with Gasteiger partial charge in [0.05, 0.1) is 31.7 Å². The van der Waals surface area contributed by atoms with Gasteiger partial charge in [0.25, 0.3) is 0 Å². The fourth-order valence-corrected chi connectivity index (χ4v) is 3.34. The number of hydrogen-bond donors (Lipinski definition) is 2. The van der Waals surface area contributed by atoms with Crippen molar-refractivity contribution in [2.75, 3.05) is 19.5 Å². The van der Waals surface area contributed by atoms with E-state index in [4.69, 9.17) is 9.47 Å². The molecule has 0 fully saturated rings. The van der Waals surface area contributed by atoms with Crippen LogP contribution in [0.25, 0.3) is 5.69 Å². The molecule has 0 atom stereocenters. The number of nitrogens with one attached hydrogen (secondary N) is 2. The standard InChI is InChI=1S/C24H24N4O5/c1-15-12-17(16(2)28(15)21-11-6-5-10-20(21)24(31)33-4)14-25-27-23(30)22(29)26-18-8-7-9-19(13-18)32-3/h5-14H,1-4H3,(H,26,29)(H,27,30)/b25-14+. The topological polar surface area (TPSA) is 111 Å². The summed E-state index contributed by atoms with van der Waals surface area (Å²) in [6.45, 7) is 3.75. The van der Waals surface area contributed by atoms with Gasteiger partial charge < -0.3 is 19.4 Å². The molecule has 0 unspecified atom stereocenters. The molecule has 2 aromatic carbocycles. The van der Waals surface area contributed by atoms with Crippen LogP contribution in [0.15, 0.2) is 59.7 Å². The average molecular weight is 448 g/mol. The first kappa shape index (κ1) is 23.3. The normalized spacial score (nSPS) is 10.7. The van der Waals surface area contributed by atoms with Crippen LogP contribution >= 0.6 is 0 Å². The van der Waals surface area contributed by atoms with Crippen molar-refractivity contribution in [1.29, 1.82) is 0 Å². The van der Waals surface area contributed by atoms with Crippen LogP contribution in [0.4, 0.5) is 5.69 Å². The molecule has 1 heterocycles. The molecule has 170 valence electrons. The molecule has 0 aliphatic heterocycles. The molecule has 9 nitrogen and oxygen atoms in total. The molecule has 1 aromatic heterocycles. The van der Waals surface area contributed by atoms with E-state index in [1.807, 2.05) is 36.6 Å². The third kappa shape index (κ3) is 5.27. The number of rotatable bonds is 6. The van der Waals surface area contributed by atoms with Crippen molar-refractivity contribution in [3.8, 4) is 11.4 Å². The maximum absolute atomic E-state index is 12.2. The Bertz CT molecular complexity index is 1230. The number of carbonyl (C=O) groups is 3. The van der Waals surface area contributed by atoms with Crippen LogP contribution in [0, 0.1) is 13.8 Å². The van der Waals surface area contributed by atoms with Crippen molar-refractivity contribution in [2.24, 2.45) is 5.10 Å². The summed E-state index contributed by atoms with van der Waals surface area (Å²) < 4.78 is 11.9. The second-order valence-electron chi connectivity index (χ2n) is 7.06. The van der Waals surface area contributed by atoms with Gasteiger partial charge in [0.15, 0.2) is 0 Å². The smallest absolute Gasteiger partial charge is 0.339 e. The van der Waals surface area contributed by atoms with Crippen LogP contribution in [-0.2, 0) is 14.3 Å².